The van der Waals surface area contributed by atoms with Gasteiger partial charge in [0.05, 0.1) is 0 Å². The predicted octanol–water partition coefficient (Wildman–Crippen LogP) is 4.04. The molecule has 0 aromatic heterocycles. The van der Waals surface area contributed by atoms with Crippen LogP contribution in [0, 0.1) is 12.3 Å². The average molecular weight is 286 g/mol. The van der Waals surface area contributed by atoms with E-state index in [1.54, 1.807) is 0 Å². The molecule has 1 aromatic rings. The lowest BCUT2D eigenvalue weighted by molar-refractivity contribution is -0.147. The van der Waals surface area contributed by atoms with Gasteiger partial charge in [0.25, 0.3) is 0 Å². The van der Waals surface area contributed by atoms with E-state index in [1.807, 2.05) is 13.0 Å². The van der Waals surface area contributed by atoms with E-state index in [2.05, 4.69) is 12.1 Å². The minimum absolute atomic E-state index is 0.561. The van der Waals surface area contributed by atoms with Gasteiger partial charge in [-0.15, -0.1) is 0 Å². The zero-order valence-electron chi connectivity index (χ0n) is 12.5. The van der Waals surface area contributed by atoms with E-state index in [9.17, 15) is 9.90 Å². The molecule has 1 spiro atoms. The highest BCUT2D eigenvalue weighted by Crippen LogP contribution is 2.63. The van der Waals surface area contributed by atoms with Crippen LogP contribution in [0.1, 0.15) is 62.0 Å². The van der Waals surface area contributed by atoms with Gasteiger partial charge in [-0.1, -0.05) is 18.6 Å². The molecular weight excluding hydrogens is 264 g/mol. The Morgan fingerprint density at radius 3 is 2.48 bits per heavy atom. The predicted molar refractivity (Wildman–Crippen MR) is 79.7 cm³/mol. The fourth-order valence-electron chi connectivity index (χ4n) is 4.04. The first-order valence-electron chi connectivity index (χ1n) is 8.05. The van der Waals surface area contributed by atoms with Crippen LogP contribution in [0.15, 0.2) is 18.2 Å². The Labute approximate surface area is 125 Å². The molecular formula is C18H22O3. The summed E-state index contributed by atoms with van der Waals surface area (Å²) in [6.07, 6.45) is 7.91. The molecule has 3 saturated carbocycles. The van der Waals surface area contributed by atoms with Crippen molar-refractivity contribution < 1.29 is 14.6 Å². The quantitative estimate of drug-likeness (QED) is 0.908. The summed E-state index contributed by atoms with van der Waals surface area (Å²) >= 11 is 0. The van der Waals surface area contributed by atoms with Crippen LogP contribution in [-0.4, -0.2) is 16.7 Å². The van der Waals surface area contributed by atoms with E-state index in [0.717, 1.165) is 11.3 Å². The highest BCUT2D eigenvalue weighted by Gasteiger charge is 2.54. The lowest BCUT2D eigenvalue weighted by atomic mass is 9.50. The summed E-state index contributed by atoms with van der Waals surface area (Å²) in [6, 6.07) is 6.29. The maximum absolute atomic E-state index is 11.4. The molecule has 3 nitrogen and oxygen atoms in total. The van der Waals surface area contributed by atoms with Gasteiger partial charge in [0.1, 0.15) is 5.75 Å². The molecule has 112 valence electrons. The lowest BCUT2D eigenvalue weighted by Gasteiger charge is -2.54. The highest BCUT2D eigenvalue weighted by atomic mass is 16.5. The average Bonchev–Trinajstić information content (AvgIpc) is 3.09. The summed E-state index contributed by atoms with van der Waals surface area (Å²) in [5.41, 5.74) is 2.04. The molecule has 0 amide bonds. The van der Waals surface area contributed by atoms with Crippen molar-refractivity contribution in [3.05, 3.63) is 29.3 Å². The van der Waals surface area contributed by atoms with Gasteiger partial charge in [-0.25, -0.2) is 4.79 Å². The molecule has 0 atom stereocenters. The van der Waals surface area contributed by atoms with Crippen molar-refractivity contribution >= 4 is 5.97 Å². The third-order valence-corrected chi connectivity index (χ3v) is 5.78. The highest BCUT2D eigenvalue weighted by molar-refractivity contribution is 5.81. The van der Waals surface area contributed by atoms with E-state index < -0.39 is 11.6 Å². The molecule has 3 aliphatic carbocycles. The minimum atomic E-state index is -0.944. The molecule has 1 aromatic carbocycles. The number of hydrogen-bond donors (Lipinski definition) is 1. The summed E-state index contributed by atoms with van der Waals surface area (Å²) in [5.74, 6) is 0.554. The molecule has 4 rings (SSSR count). The van der Waals surface area contributed by atoms with Gasteiger partial charge >= 0.3 is 5.97 Å². The second-order valence-electron chi connectivity index (χ2n) is 7.40. The number of hydrogen-bond acceptors (Lipinski definition) is 2. The van der Waals surface area contributed by atoms with Gasteiger partial charge < -0.3 is 9.84 Å². The van der Waals surface area contributed by atoms with Crippen molar-refractivity contribution in [2.24, 2.45) is 5.41 Å². The molecule has 0 radical (unpaired) electrons. The fraction of sp³-hybridized carbons (Fsp3) is 0.611. The molecule has 3 heteroatoms. The van der Waals surface area contributed by atoms with Crippen LogP contribution in [-0.2, 0) is 4.79 Å². The molecule has 0 bridgehead atoms. The van der Waals surface area contributed by atoms with Gasteiger partial charge in [0.2, 0.25) is 5.60 Å². The largest absolute Gasteiger partial charge is 0.478 e. The van der Waals surface area contributed by atoms with Crippen LogP contribution in [0.2, 0.25) is 0 Å². The number of aliphatic carboxylic acids is 1. The number of aryl methyl sites for hydroxylation is 1. The number of rotatable bonds is 4. The van der Waals surface area contributed by atoms with Crippen LogP contribution in [0.3, 0.4) is 0 Å². The van der Waals surface area contributed by atoms with Crippen molar-refractivity contribution in [3.8, 4) is 5.75 Å². The third-order valence-electron chi connectivity index (χ3n) is 5.78. The van der Waals surface area contributed by atoms with Crippen LogP contribution in [0.5, 0.6) is 5.75 Å². The van der Waals surface area contributed by atoms with Crippen LogP contribution in [0.4, 0.5) is 0 Å². The second kappa shape index (κ2) is 4.25. The van der Waals surface area contributed by atoms with Gasteiger partial charge in [-0.2, -0.15) is 0 Å². The Morgan fingerprint density at radius 1 is 1.24 bits per heavy atom. The smallest absolute Gasteiger partial charge is 0.348 e. The number of carbonyl (C=O) groups is 1. The standard InChI is InChI=1S/C18H22O3/c1-12-3-4-14(13-10-17(11-13)5-2-6-17)15(9-12)21-18(7-8-18)16(19)20/h3-4,9,13H,2,5-8,10-11H2,1H3,(H,19,20). The summed E-state index contributed by atoms with van der Waals surface area (Å²) in [6.45, 7) is 2.03. The van der Waals surface area contributed by atoms with Gasteiger partial charge in [0.15, 0.2) is 0 Å². The zero-order valence-corrected chi connectivity index (χ0v) is 12.5. The Hall–Kier alpha value is -1.51. The first-order valence-corrected chi connectivity index (χ1v) is 8.05. The van der Waals surface area contributed by atoms with E-state index >= 15 is 0 Å². The van der Waals surface area contributed by atoms with Crippen molar-refractivity contribution in [2.45, 2.75) is 63.4 Å². The van der Waals surface area contributed by atoms with Crippen LogP contribution in [0.25, 0.3) is 0 Å². The van der Waals surface area contributed by atoms with Gasteiger partial charge in [-0.05, 0) is 61.1 Å². The van der Waals surface area contributed by atoms with E-state index in [4.69, 9.17) is 4.74 Å². The topological polar surface area (TPSA) is 46.5 Å². The minimum Gasteiger partial charge on any atom is -0.478 e. The van der Waals surface area contributed by atoms with Gasteiger partial charge in [0, 0.05) is 12.8 Å². The Morgan fingerprint density at radius 2 is 1.95 bits per heavy atom. The Balaban J connectivity index is 1.58. The van der Waals surface area contributed by atoms with E-state index in [0.29, 0.717) is 24.2 Å². The summed E-state index contributed by atoms with van der Waals surface area (Å²) < 4.78 is 5.96. The zero-order chi connectivity index (χ0) is 14.7. The lowest BCUT2D eigenvalue weighted by Crippen LogP contribution is -2.41. The van der Waals surface area contributed by atoms with E-state index in [1.165, 1.54) is 37.7 Å². The van der Waals surface area contributed by atoms with Gasteiger partial charge in [-0.3, -0.25) is 0 Å². The molecule has 3 aliphatic rings. The molecule has 0 unspecified atom stereocenters. The fourth-order valence-corrected chi connectivity index (χ4v) is 4.04. The van der Waals surface area contributed by atoms with Crippen molar-refractivity contribution in [1.82, 2.24) is 0 Å². The molecule has 0 saturated heterocycles. The summed E-state index contributed by atoms with van der Waals surface area (Å²) in [4.78, 5) is 11.4. The van der Waals surface area contributed by atoms with Crippen LogP contribution >= 0.6 is 0 Å². The third kappa shape index (κ3) is 2.05. The van der Waals surface area contributed by atoms with Crippen LogP contribution < -0.4 is 4.74 Å². The van der Waals surface area contributed by atoms with E-state index in [-0.39, 0.29) is 0 Å². The molecule has 21 heavy (non-hydrogen) atoms. The number of ether oxygens (including phenoxy) is 1. The summed E-state index contributed by atoms with van der Waals surface area (Å²) in [5, 5.41) is 9.34. The summed E-state index contributed by atoms with van der Waals surface area (Å²) in [7, 11) is 0. The number of carboxylic acid groups (broad SMARTS) is 1. The van der Waals surface area contributed by atoms with Crippen molar-refractivity contribution in [2.75, 3.05) is 0 Å². The SMILES string of the molecule is Cc1ccc(C2CC3(CCC3)C2)c(OC2(C(=O)O)CC2)c1. The maximum Gasteiger partial charge on any atom is 0.348 e. The maximum atomic E-state index is 11.4. The van der Waals surface area contributed by atoms with Crippen molar-refractivity contribution in [1.29, 1.82) is 0 Å². The normalized spacial score (nSPS) is 25.0. The Kier molecular flexibility index (Phi) is 2.66. The first-order chi connectivity index (χ1) is 10.0. The first kappa shape index (κ1) is 13.2. The molecule has 0 aliphatic heterocycles. The number of carboxylic acids is 1. The molecule has 3 fully saturated rings. The Bertz CT molecular complexity index is 588. The monoisotopic (exact) mass is 286 g/mol. The molecule has 1 N–H and O–H groups in total. The second-order valence-corrected chi connectivity index (χ2v) is 7.40. The molecule has 0 heterocycles. The van der Waals surface area contributed by atoms with Crippen molar-refractivity contribution in [3.63, 3.8) is 0 Å². The number of benzene rings is 1.